The van der Waals surface area contributed by atoms with Crippen molar-refractivity contribution in [2.45, 2.75) is 38.4 Å². The third-order valence-electron chi connectivity index (χ3n) is 4.82. The summed E-state index contributed by atoms with van der Waals surface area (Å²) in [5.74, 6) is 0.307. The van der Waals surface area contributed by atoms with Crippen molar-refractivity contribution < 1.29 is 9.53 Å². The van der Waals surface area contributed by atoms with Gasteiger partial charge in [-0.15, -0.1) is 0 Å². The number of aromatic nitrogens is 2. The minimum absolute atomic E-state index is 0.0297. The number of hydrogen-bond acceptors (Lipinski definition) is 4. The molecule has 1 aromatic heterocycles. The van der Waals surface area contributed by atoms with Crippen molar-refractivity contribution in [3.63, 3.8) is 0 Å². The lowest BCUT2D eigenvalue weighted by atomic mass is 10.0. The molecule has 0 saturated carbocycles. The molecule has 0 aliphatic heterocycles. The van der Waals surface area contributed by atoms with Crippen LogP contribution in [0.2, 0.25) is 5.02 Å². The maximum absolute atomic E-state index is 13.3. The van der Waals surface area contributed by atoms with Crippen LogP contribution in [0.15, 0.2) is 41.6 Å². The van der Waals surface area contributed by atoms with Crippen molar-refractivity contribution in [3.8, 4) is 0 Å². The van der Waals surface area contributed by atoms with Crippen LogP contribution in [0.5, 0.6) is 0 Å². The van der Waals surface area contributed by atoms with Gasteiger partial charge in [-0.2, -0.15) is 0 Å². The molecule has 29 heavy (non-hydrogen) atoms. The highest BCUT2D eigenvalue weighted by Gasteiger charge is 2.25. The number of methoxy groups -OCH3 is 1. The van der Waals surface area contributed by atoms with Gasteiger partial charge in [0, 0.05) is 12.1 Å². The monoisotopic (exact) mass is 431 g/mol. The normalized spacial score (nSPS) is 12.3. The average Bonchev–Trinajstić information content (AvgIpc) is 3.10. The molecule has 0 radical (unpaired) electrons. The fraction of sp³-hybridized carbons (Fsp3) is 0.364. The number of ether oxygens (including phenoxy) is 1. The number of thioether (sulfide) groups is 1. The van der Waals surface area contributed by atoms with E-state index in [9.17, 15) is 4.79 Å². The van der Waals surface area contributed by atoms with E-state index in [1.54, 1.807) is 7.11 Å². The number of carbonyl (C=O) groups excluding carboxylic acids is 1. The van der Waals surface area contributed by atoms with Crippen LogP contribution in [0.1, 0.15) is 25.0 Å². The summed E-state index contributed by atoms with van der Waals surface area (Å²) in [6.45, 7) is 6.64. The molecule has 154 valence electrons. The van der Waals surface area contributed by atoms with Crippen LogP contribution in [0.25, 0.3) is 11.0 Å². The van der Waals surface area contributed by atoms with Gasteiger partial charge in [0.25, 0.3) is 0 Å². The summed E-state index contributed by atoms with van der Waals surface area (Å²) >= 11 is 7.44. The van der Waals surface area contributed by atoms with Crippen molar-refractivity contribution in [3.05, 3.63) is 52.5 Å². The van der Waals surface area contributed by atoms with Crippen LogP contribution in [0, 0.1) is 6.92 Å². The molecule has 1 atom stereocenters. The van der Waals surface area contributed by atoms with Gasteiger partial charge in [-0.1, -0.05) is 48.5 Å². The Morgan fingerprint density at radius 1 is 1.34 bits per heavy atom. The number of para-hydroxylation sites is 1. The summed E-state index contributed by atoms with van der Waals surface area (Å²) in [6, 6.07) is 11.6. The van der Waals surface area contributed by atoms with Gasteiger partial charge in [-0.25, -0.2) is 4.98 Å². The van der Waals surface area contributed by atoms with Crippen molar-refractivity contribution in [1.82, 2.24) is 9.97 Å². The molecule has 0 aliphatic carbocycles. The van der Waals surface area contributed by atoms with E-state index in [0.717, 1.165) is 34.3 Å². The average molecular weight is 432 g/mol. The predicted octanol–water partition coefficient (Wildman–Crippen LogP) is 5.25. The molecular formula is C22H26ClN3O2S. The lowest BCUT2D eigenvalue weighted by Gasteiger charge is -2.32. The number of hydrogen-bond donors (Lipinski definition) is 1. The fourth-order valence-electron chi connectivity index (χ4n) is 3.48. The Hall–Kier alpha value is -2.02. The standard InChI is InChI=1S/C22H26ClN3O2S/c1-5-16-8-6-7-14(2)21(16)26(15(3)12-28-4)20(27)13-29-22-24-18-10-9-17(23)11-19(18)25-22/h6-11,15H,5,12-13H2,1-4H3,(H,24,25)/t15-/m0/s1. The number of amides is 1. The predicted molar refractivity (Wildman–Crippen MR) is 121 cm³/mol. The number of carbonyl (C=O) groups is 1. The van der Waals surface area contributed by atoms with Gasteiger partial charge in [0.1, 0.15) is 0 Å². The van der Waals surface area contributed by atoms with Crippen molar-refractivity contribution >= 4 is 46.0 Å². The number of nitrogens with one attached hydrogen (secondary N) is 1. The largest absolute Gasteiger partial charge is 0.383 e. The van der Waals surface area contributed by atoms with Gasteiger partial charge in [0.05, 0.1) is 35.1 Å². The number of fused-ring (bicyclic) bond motifs is 1. The molecule has 0 fully saturated rings. The van der Waals surface area contributed by atoms with Crippen LogP contribution in [0.4, 0.5) is 5.69 Å². The number of benzene rings is 2. The van der Waals surface area contributed by atoms with E-state index in [2.05, 4.69) is 23.0 Å². The van der Waals surface area contributed by atoms with E-state index in [4.69, 9.17) is 16.3 Å². The molecule has 0 spiro atoms. The van der Waals surface area contributed by atoms with E-state index in [-0.39, 0.29) is 17.7 Å². The van der Waals surface area contributed by atoms with Crippen molar-refractivity contribution in [2.75, 3.05) is 24.4 Å². The number of aryl methyl sites for hydroxylation is 2. The zero-order chi connectivity index (χ0) is 21.0. The Kier molecular flexibility index (Phi) is 7.22. The molecule has 0 unspecified atom stereocenters. The number of H-pyrrole nitrogens is 1. The Labute approximate surface area is 180 Å². The van der Waals surface area contributed by atoms with Gasteiger partial charge >= 0.3 is 0 Å². The fourth-order valence-corrected chi connectivity index (χ4v) is 4.40. The first-order chi connectivity index (χ1) is 13.9. The highest BCUT2D eigenvalue weighted by molar-refractivity contribution is 7.99. The van der Waals surface area contributed by atoms with Gasteiger partial charge in [0.15, 0.2) is 5.16 Å². The Balaban J connectivity index is 1.85. The third-order valence-corrected chi connectivity index (χ3v) is 5.91. The first kappa shape index (κ1) is 21.7. The van der Waals surface area contributed by atoms with Crippen LogP contribution >= 0.6 is 23.4 Å². The van der Waals surface area contributed by atoms with Crippen LogP contribution in [-0.2, 0) is 16.0 Å². The highest BCUT2D eigenvalue weighted by atomic mass is 35.5. The minimum atomic E-state index is -0.0750. The SMILES string of the molecule is CCc1cccc(C)c1N(C(=O)CSc1nc2ccc(Cl)cc2[nH]1)[C@@H](C)COC. The summed E-state index contributed by atoms with van der Waals surface area (Å²) < 4.78 is 5.35. The maximum Gasteiger partial charge on any atom is 0.237 e. The number of nitrogens with zero attached hydrogens (tertiary/aromatic N) is 2. The molecule has 5 nitrogen and oxygen atoms in total. The molecule has 0 bridgehead atoms. The summed E-state index contributed by atoms with van der Waals surface area (Å²) in [7, 11) is 1.66. The lowest BCUT2D eigenvalue weighted by Crippen LogP contribution is -2.43. The maximum atomic E-state index is 13.3. The molecule has 0 aliphatic rings. The topological polar surface area (TPSA) is 58.2 Å². The Bertz CT molecular complexity index is 1000. The molecule has 7 heteroatoms. The first-order valence-corrected chi connectivity index (χ1v) is 11.0. The molecule has 1 N–H and O–H groups in total. The van der Waals surface area contributed by atoms with E-state index in [0.29, 0.717) is 16.8 Å². The van der Waals surface area contributed by atoms with E-state index in [1.165, 1.54) is 11.8 Å². The molecule has 3 aromatic rings. The van der Waals surface area contributed by atoms with Crippen LogP contribution in [0.3, 0.4) is 0 Å². The lowest BCUT2D eigenvalue weighted by molar-refractivity contribution is -0.116. The quantitative estimate of drug-likeness (QED) is 0.495. The van der Waals surface area contributed by atoms with Crippen LogP contribution in [-0.4, -0.2) is 41.4 Å². The summed E-state index contributed by atoms with van der Waals surface area (Å²) in [4.78, 5) is 23.0. The summed E-state index contributed by atoms with van der Waals surface area (Å²) in [5, 5.41) is 1.36. The Morgan fingerprint density at radius 3 is 2.86 bits per heavy atom. The molecule has 0 saturated heterocycles. The molecule has 2 aromatic carbocycles. The number of imidazole rings is 1. The number of halogens is 1. The molecule has 3 rings (SSSR count). The van der Waals surface area contributed by atoms with Gasteiger partial charge < -0.3 is 14.6 Å². The molecule has 1 amide bonds. The number of rotatable bonds is 8. The summed E-state index contributed by atoms with van der Waals surface area (Å²) in [6.07, 6.45) is 0.859. The highest BCUT2D eigenvalue weighted by Crippen LogP contribution is 2.29. The number of aromatic amines is 1. The minimum Gasteiger partial charge on any atom is -0.383 e. The van der Waals surface area contributed by atoms with Crippen LogP contribution < -0.4 is 4.90 Å². The Morgan fingerprint density at radius 2 is 2.14 bits per heavy atom. The molecular weight excluding hydrogens is 406 g/mol. The smallest absolute Gasteiger partial charge is 0.237 e. The molecule has 1 heterocycles. The van der Waals surface area contributed by atoms with E-state index < -0.39 is 0 Å². The van der Waals surface area contributed by atoms with Gasteiger partial charge in [-0.05, 0) is 49.6 Å². The van der Waals surface area contributed by atoms with E-state index in [1.807, 2.05) is 49.1 Å². The van der Waals surface area contributed by atoms with E-state index >= 15 is 0 Å². The first-order valence-electron chi connectivity index (χ1n) is 9.62. The van der Waals surface area contributed by atoms with Crippen molar-refractivity contribution in [2.24, 2.45) is 0 Å². The second-order valence-corrected chi connectivity index (χ2v) is 8.40. The zero-order valence-electron chi connectivity index (χ0n) is 17.2. The van der Waals surface area contributed by atoms with Gasteiger partial charge in [0.2, 0.25) is 5.91 Å². The second-order valence-electron chi connectivity index (χ2n) is 7.00. The second kappa shape index (κ2) is 9.65. The third kappa shape index (κ3) is 4.94. The summed E-state index contributed by atoms with van der Waals surface area (Å²) in [5.41, 5.74) is 4.93. The van der Waals surface area contributed by atoms with Crippen molar-refractivity contribution in [1.29, 1.82) is 0 Å². The number of anilines is 1. The zero-order valence-corrected chi connectivity index (χ0v) is 18.7. The van der Waals surface area contributed by atoms with Gasteiger partial charge in [-0.3, -0.25) is 4.79 Å².